The Balaban J connectivity index is 1.67. The first kappa shape index (κ1) is 15.7. The predicted octanol–water partition coefficient (Wildman–Crippen LogP) is 0.951. The van der Waals surface area contributed by atoms with Crippen LogP contribution in [-0.2, 0) is 11.3 Å². The summed E-state index contributed by atoms with van der Waals surface area (Å²) in [5, 5.41) is 0.596. The molecule has 2 heterocycles. The van der Waals surface area contributed by atoms with Gasteiger partial charge in [-0.25, -0.2) is 4.98 Å². The van der Waals surface area contributed by atoms with Crippen LogP contribution in [0.15, 0.2) is 35.4 Å². The maximum absolute atomic E-state index is 12.4. The van der Waals surface area contributed by atoms with E-state index in [2.05, 4.69) is 16.9 Å². The SMILES string of the molecule is CN1CCCN(C(=O)CCn2cnc3ccccc3c2=O)CC1. The molecule has 0 saturated carbocycles. The molecule has 0 radical (unpaired) electrons. The maximum Gasteiger partial charge on any atom is 0.261 e. The number of likely N-dealkylation sites (N-methyl/N-ethyl adjacent to an activating group) is 1. The van der Waals surface area contributed by atoms with Crippen LogP contribution >= 0.6 is 0 Å². The zero-order valence-electron chi connectivity index (χ0n) is 13.4. The van der Waals surface area contributed by atoms with Gasteiger partial charge in [0.15, 0.2) is 0 Å². The molecule has 1 aliphatic heterocycles. The largest absolute Gasteiger partial charge is 0.341 e. The molecule has 2 aromatic rings. The fourth-order valence-corrected chi connectivity index (χ4v) is 2.94. The lowest BCUT2D eigenvalue weighted by Gasteiger charge is -2.20. The molecule has 1 aliphatic rings. The van der Waals surface area contributed by atoms with Crippen LogP contribution in [0, 0.1) is 0 Å². The van der Waals surface area contributed by atoms with E-state index in [9.17, 15) is 9.59 Å². The average Bonchev–Trinajstić information content (AvgIpc) is 2.79. The second-order valence-corrected chi connectivity index (χ2v) is 6.05. The molecule has 1 aromatic heterocycles. The van der Waals surface area contributed by atoms with Gasteiger partial charge >= 0.3 is 0 Å². The molecular weight excluding hydrogens is 292 g/mol. The van der Waals surface area contributed by atoms with E-state index in [-0.39, 0.29) is 11.5 Å². The third-order valence-corrected chi connectivity index (χ3v) is 4.37. The van der Waals surface area contributed by atoms with Gasteiger partial charge in [0.2, 0.25) is 5.91 Å². The normalized spacial score (nSPS) is 16.5. The number of fused-ring (bicyclic) bond motifs is 1. The molecule has 0 aliphatic carbocycles. The number of para-hydroxylation sites is 1. The van der Waals surface area contributed by atoms with Crippen LogP contribution in [0.25, 0.3) is 10.9 Å². The summed E-state index contributed by atoms with van der Waals surface area (Å²) in [6.45, 7) is 3.87. The number of amides is 1. The topological polar surface area (TPSA) is 58.4 Å². The van der Waals surface area contributed by atoms with E-state index in [1.54, 1.807) is 6.07 Å². The molecular formula is C17H22N4O2. The Hall–Kier alpha value is -2.21. The number of hydrogen-bond acceptors (Lipinski definition) is 4. The Morgan fingerprint density at radius 1 is 1.17 bits per heavy atom. The number of hydrogen-bond donors (Lipinski definition) is 0. The molecule has 0 spiro atoms. The van der Waals surface area contributed by atoms with E-state index in [1.165, 1.54) is 10.9 Å². The van der Waals surface area contributed by atoms with Crippen molar-refractivity contribution in [1.82, 2.24) is 19.4 Å². The Labute approximate surface area is 135 Å². The first-order chi connectivity index (χ1) is 11.1. The van der Waals surface area contributed by atoms with Gasteiger partial charge in [0.05, 0.1) is 17.2 Å². The fraction of sp³-hybridized carbons (Fsp3) is 0.471. The fourth-order valence-electron chi connectivity index (χ4n) is 2.94. The van der Waals surface area contributed by atoms with Gasteiger partial charge in [-0.05, 0) is 32.1 Å². The summed E-state index contributed by atoms with van der Waals surface area (Å²) in [5.74, 6) is 0.111. The molecule has 1 amide bonds. The summed E-state index contributed by atoms with van der Waals surface area (Å²) in [6.07, 6.45) is 2.87. The van der Waals surface area contributed by atoms with Crippen LogP contribution in [0.4, 0.5) is 0 Å². The second kappa shape index (κ2) is 6.91. The second-order valence-electron chi connectivity index (χ2n) is 6.05. The van der Waals surface area contributed by atoms with Crippen molar-refractivity contribution in [2.75, 3.05) is 33.2 Å². The third kappa shape index (κ3) is 3.59. The predicted molar refractivity (Wildman–Crippen MR) is 89.3 cm³/mol. The molecule has 23 heavy (non-hydrogen) atoms. The molecule has 3 rings (SSSR count). The average molecular weight is 314 g/mol. The highest BCUT2D eigenvalue weighted by Gasteiger charge is 2.17. The zero-order valence-corrected chi connectivity index (χ0v) is 13.4. The molecule has 6 heteroatoms. The lowest BCUT2D eigenvalue weighted by Crippen LogP contribution is -2.35. The minimum atomic E-state index is -0.0843. The zero-order chi connectivity index (χ0) is 16.2. The summed E-state index contributed by atoms with van der Waals surface area (Å²) in [4.78, 5) is 33.2. The lowest BCUT2D eigenvalue weighted by atomic mass is 10.2. The highest BCUT2D eigenvalue weighted by Crippen LogP contribution is 2.06. The van der Waals surface area contributed by atoms with Gasteiger partial charge < -0.3 is 9.80 Å². The number of carbonyl (C=O) groups is 1. The van der Waals surface area contributed by atoms with E-state index in [4.69, 9.17) is 0 Å². The maximum atomic E-state index is 12.4. The van der Waals surface area contributed by atoms with Gasteiger partial charge in [-0.1, -0.05) is 12.1 Å². The van der Waals surface area contributed by atoms with Crippen molar-refractivity contribution in [3.05, 3.63) is 40.9 Å². The molecule has 0 N–H and O–H groups in total. The minimum Gasteiger partial charge on any atom is -0.341 e. The Morgan fingerprint density at radius 3 is 2.87 bits per heavy atom. The Morgan fingerprint density at radius 2 is 2.00 bits per heavy atom. The van der Waals surface area contributed by atoms with E-state index in [0.29, 0.717) is 23.9 Å². The quantitative estimate of drug-likeness (QED) is 0.846. The number of rotatable bonds is 3. The van der Waals surface area contributed by atoms with Crippen molar-refractivity contribution in [2.45, 2.75) is 19.4 Å². The number of benzene rings is 1. The van der Waals surface area contributed by atoms with Gasteiger partial charge in [-0.3, -0.25) is 14.2 Å². The van der Waals surface area contributed by atoms with Gasteiger partial charge in [0.1, 0.15) is 0 Å². The van der Waals surface area contributed by atoms with Crippen LogP contribution < -0.4 is 5.56 Å². The van der Waals surface area contributed by atoms with Crippen LogP contribution in [0.1, 0.15) is 12.8 Å². The molecule has 0 unspecified atom stereocenters. The Bertz CT molecular complexity index is 756. The summed E-state index contributed by atoms with van der Waals surface area (Å²) < 4.78 is 1.53. The summed E-state index contributed by atoms with van der Waals surface area (Å²) in [6, 6.07) is 7.28. The smallest absolute Gasteiger partial charge is 0.261 e. The molecule has 1 aromatic carbocycles. The highest BCUT2D eigenvalue weighted by molar-refractivity contribution is 5.77. The summed E-state index contributed by atoms with van der Waals surface area (Å²) in [5.41, 5.74) is 0.606. The molecule has 0 bridgehead atoms. The van der Waals surface area contributed by atoms with Crippen molar-refractivity contribution in [3.63, 3.8) is 0 Å². The summed E-state index contributed by atoms with van der Waals surface area (Å²) >= 11 is 0. The molecule has 122 valence electrons. The van der Waals surface area contributed by atoms with Gasteiger partial charge in [-0.2, -0.15) is 0 Å². The molecule has 0 atom stereocenters. The van der Waals surface area contributed by atoms with E-state index >= 15 is 0 Å². The highest BCUT2D eigenvalue weighted by atomic mass is 16.2. The van der Waals surface area contributed by atoms with E-state index in [1.807, 2.05) is 23.1 Å². The molecule has 6 nitrogen and oxygen atoms in total. The van der Waals surface area contributed by atoms with Gasteiger partial charge in [0.25, 0.3) is 5.56 Å². The van der Waals surface area contributed by atoms with Crippen molar-refractivity contribution >= 4 is 16.8 Å². The standard InChI is InChI=1S/C17H22N4O2/c1-19-8-4-9-20(12-11-19)16(22)7-10-21-13-18-15-6-3-2-5-14(15)17(21)23/h2-3,5-6,13H,4,7-12H2,1H3. The van der Waals surface area contributed by atoms with Gasteiger partial charge in [0, 0.05) is 32.6 Å². The van der Waals surface area contributed by atoms with Gasteiger partial charge in [-0.15, -0.1) is 0 Å². The van der Waals surface area contributed by atoms with Crippen LogP contribution in [0.5, 0.6) is 0 Å². The van der Waals surface area contributed by atoms with Crippen molar-refractivity contribution in [1.29, 1.82) is 0 Å². The van der Waals surface area contributed by atoms with Crippen molar-refractivity contribution in [3.8, 4) is 0 Å². The first-order valence-corrected chi connectivity index (χ1v) is 8.05. The van der Waals surface area contributed by atoms with Crippen molar-refractivity contribution < 1.29 is 4.79 Å². The Kier molecular flexibility index (Phi) is 4.71. The van der Waals surface area contributed by atoms with Crippen LogP contribution in [-0.4, -0.2) is 58.5 Å². The minimum absolute atomic E-state index is 0.0843. The first-order valence-electron chi connectivity index (χ1n) is 8.05. The number of nitrogens with zero attached hydrogens (tertiary/aromatic N) is 4. The van der Waals surface area contributed by atoms with E-state index < -0.39 is 0 Å². The number of aromatic nitrogens is 2. The number of aryl methyl sites for hydroxylation is 1. The third-order valence-electron chi connectivity index (χ3n) is 4.37. The monoisotopic (exact) mass is 314 g/mol. The summed E-state index contributed by atoms with van der Waals surface area (Å²) in [7, 11) is 2.08. The van der Waals surface area contributed by atoms with Crippen molar-refractivity contribution in [2.24, 2.45) is 0 Å². The van der Waals surface area contributed by atoms with E-state index in [0.717, 1.165) is 32.6 Å². The molecule has 1 saturated heterocycles. The molecule has 1 fully saturated rings. The van der Waals surface area contributed by atoms with Crippen LogP contribution in [0.2, 0.25) is 0 Å². The number of carbonyl (C=O) groups excluding carboxylic acids is 1. The van der Waals surface area contributed by atoms with Crippen LogP contribution in [0.3, 0.4) is 0 Å². The lowest BCUT2D eigenvalue weighted by molar-refractivity contribution is -0.131.